The zero-order chi connectivity index (χ0) is 20.8. The lowest BCUT2D eigenvalue weighted by Gasteiger charge is -2.29. The molecular formula is C22H30N6OS. The molecule has 30 heavy (non-hydrogen) atoms. The van der Waals surface area contributed by atoms with E-state index >= 15 is 0 Å². The van der Waals surface area contributed by atoms with Gasteiger partial charge in [-0.3, -0.25) is 0 Å². The molecule has 7 nitrogen and oxygen atoms in total. The van der Waals surface area contributed by atoms with Crippen LogP contribution >= 0.6 is 12.2 Å². The van der Waals surface area contributed by atoms with E-state index in [1.807, 2.05) is 24.3 Å². The molecule has 8 heteroatoms. The average molecular weight is 427 g/mol. The topological polar surface area (TPSA) is 65.6 Å². The second-order valence-corrected chi connectivity index (χ2v) is 8.21. The first-order valence-electron chi connectivity index (χ1n) is 10.8. The molecular weight excluding hydrogens is 396 g/mol. The van der Waals surface area contributed by atoms with Crippen LogP contribution in [0.25, 0.3) is 0 Å². The number of hydrogen-bond donors (Lipinski definition) is 2. The molecule has 0 radical (unpaired) electrons. The smallest absolute Gasteiger partial charge is 0.232 e. The van der Waals surface area contributed by atoms with Crippen LogP contribution in [0.5, 0.6) is 5.75 Å². The van der Waals surface area contributed by atoms with E-state index in [9.17, 15) is 0 Å². The highest BCUT2D eigenvalue weighted by atomic mass is 32.1. The van der Waals surface area contributed by atoms with Gasteiger partial charge in [0.1, 0.15) is 17.4 Å². The molecule has 1 aromatic carbocycles. The van der Waals surface area contributed by atoms with Crippen molar-refractivity contribution in [2.45, 2.75) is 38.6 Å². The lowest BCUT2D eigenvalue weighted by atomic mass is 10.1. The molecule has 2 N–H and O–H groups in total. The number of anilines is 3. The molecule has 0 saturated carbocycles. The number of nitrogens with one attached hydrogen (secondary N) is 2. The largest absolute Gasteiger partial charge is 0.497 e. The van der Waals surface area contributed by atoms with Gasteiger partial charge < -0.3 is 25.2 Å². The second kappa shape index (κ2) is 9.93. The highest BCUT2D eigenvalue weighted by molar-refractivity contribution is 7.80. The predicted octanol–water partition coefficient (Wildman–Crippen LogP) is 3.56. The van der Waals surface area contributed by atoms with Crippen LogP contribution in [0.3, 0.4) is 0 Å². The van der Waals surface area contributed by atoms with Crippen molar-refractivity contribution in [2.24, 2.45) is 0 Å². The Labute approximate surface area is 183 Å². The minimum absolute atomic E-state index is 0.522. The Morgan fingerprint density at radius 1 is 0.933 bits per heavy atom. The molecule has 0 aliphatic carbocycles. The van der Waals surface area contributed by atoms with Crippen LogP contribution in [0.2, 0.25) is 0 Å². The molecule has 0 amide bonds. The molecule has 3 heterocycles. The molecule has 1 aromatic heterocycles. The number of ether oxygens (including phenoxy) is 1. The third-order valence-electron chi connectivity index (χ3n) is 5.65. The Kier molecular flexibility index (Phi) is 6.84. The zero-order valence-corrected chi connectivity index (χ0v) is 18.4. The van der Waals surface area contributed by atoms with Crippen molar-refractivity contribution in [1.29, 1.82) is 0 Å². The van der Waals surface area contributed by atoms with Gasteiger partial charge in [-0.25, -0.2) is 0 Å². The summed E-state index contributed by atoms with van der Waals surface area (Å²) < 4.78 is 5.21. The fourth-order valence-electron chi connectivity index (χ4n) is 3.94. The number of methoxy groups -OCH3 is 1. The maximum absolute atomic E-state index is 5.51. The van der Waals surface area contributed by atoms with E-state index < -0.39 is 0 Å². The van der Waals surface area contributed by atoms with Crippen LogP contribution in [-0.2, 0) is 6.54 Å². The fourth-order valence-corrected chi connectivity index (χ4v) is 4.11. The highest BCUT2D eigenvalue weighted by Gasteiger charge is 2.19. The van der Waals surface area contributed by atoms with Gasteiger partial charge >= 0.3 is 0 Å². The van der Waals surface area contributed by atoms with Gasteiger partial charge in [-0.15, -0.1) is 0 Å². The minimum Gasteiger partial charge on any atom is -0.497 e. The summed E-state index contributed by atoms with van der Waals surface area (Å²) in [6.45, 7) is 4.83. The Morgan fingerprint density at radius 3 is 2.07 bits per heavy atom. The van der Waals surface area contributed by atoms with Crippen LogP contribution in [0.1, 0.15) is 37.7 Å². The summed E-state index contributed by atoms with van der Waals surface area (Å²) in [7, 11) is 1.67. The first-order chi connectivity index (χ1) is 14.7. The van der Waals surface area contributed by atoms with Crippen LogP contribution < -0.4 is 25.2 Å². The molecule has 0 spiro atoms. The highest BCUT2D eigenvalue weighted by Crippen LogP contribution is 2.26. The van der Waals surface area contributed by atoms with Gasteiger partial charge in [-0.2, -0.15) is 9.97 Å². The van der Waals surface area contributed by atoms with Crippen LogP contribution in [0, 0.1) is 0 Å². The second-order valence-electron chi connectivity index (χ2n) is 7.81. The number of rotatable bonds is 6. The van der Waals surface area contributed by atoms with E-state index in [2.05, 4.69) is 26.5 Å². The van der Waals surface area contributed by atoms with Gasteiger partial charge in [0, 0.05) is 38.8 Å². The summed E-state index contributed by atoms with van der Waals surface area (Å²) in [5.74, 6) is 3.39. The number of benzene rings is 1. The van der Waals surface area contributed by atoms with Crippen molar-refractivity contribution in [3.8, 4) is 5.75 Å². The van der Waals surface area contributed by atoms with Crippen molar-refractivity contribution in [3.05, 3.63) is 35.9 Å². The third kappa shape index (κ3) is 5.30. The van der Waals surface area contributed by atoms with Crippen LogP contribution in [0.15, 0.2) is 30.3 Å². The van der Waals surface area contributed by atoms with E-state index in [-0.39, 0.29) is 0 Å². The maximum Gasteiger partial charge on any atom is 0.232 e. The Bertz CT molecular complexity index is 847. The molecule has 2 aromatic rings. The number of thiocarbonyl (C=S) groups is 1. The quantitative estimate of drug-likeness (QED) is 0.680. The molecule has 0 unspecified atom stereocenters. The van der Waals surface area contributed by atoms with Gasteiger partial charge in [0.2, 0.25) is 5.95 Å². The average Bonchev–Trinajstić information content (AvgIpc) is 3.33. The molecule has 2 fully saturated rings. The maximum atomic E-state index is 5.51. The summed E-state index contributed by atoms with van der Waals surface area (Å²) in [6, 6.07) is 10.1. The standard InChI is InChI=1S/C22H30N6OS/c1-29-18-9-7-17(8-10-18)16-23-22(30)26-21-24-19(27-11-3-2-4-12-27)15-20(25-21)28-13-5-6-14-28/h7-10,15H,2-6,11-14,16H2,1H3,(H2,23,24,25,26,30). The summed E-state index contributed by atoms with van der Waals surface area (Å²) in [5.41, 5.74) is 1.13. The lowest BCUT2D eigenvalue weighted by molar-refractivity contribution is 0.414. The van der Waals surface area contributed by atoms with Gasteiger partial charge in [0.05, 0.1) is 7.11 Å². The first-order valence-corrected chi connectivity index (χ1v) is 11.2. The van der Waals surface area contributed by atoms with Crippen molar-refractivity contribution in [1.82, 2.24) is 15.3 Å². The van der Waals surface area contributed by atoms with E-state index in [4.69, 9.17) is 26.9 Å². The van der Waals surface area contributed by atoms with Crippen LogP contribution in [0.4, 0.5) is 17.6 Å². The Morgan fingerprint density at radius 2 is 1.50 bits per heavy atom. The fraction of sp³-hybridized carbons (Fsp3) is 0.500. The lowest BCUT2D eigenvalue weighted by Crippen LogP contribution is -2.32. The molecule has 0 bridgehead atoms. The van der Waals surface area contributed by atoms with Gasteiger partial charge in [-0.05, 0) is 62.0 Å². The number of hydrogen-bond acceptors (Lipinski definition) is 6. The summed E-state index contributed by atoms with van der Waals surface area (Å²) in [6.07, 6.45) is 6.16. The normalized spacial score (nSPS) is 16.4. The Balaban J connectivity index is 1.44. The third-order valence-corrected chi connectivity index (χ3v) is 5.89. The molecule has 2 aliphatic rings. The number of nitrogens with zero attached hydrogens (tertiary/aromatic N) is 4. The SMILES string of the molecule is COc1ccc(CNC(=S)Nc2nc(N3CCCCC3)cc(N3CCCC3)n2)cc1. The minimum atomic E-state index is 0.522. The number of aromatic nitrogens is 2. The van der Waals surface area contributed by atoms with Crippen molar-refractivity contribution < 1.29 is 4.74 Å². The van der Waals surface area contributed by atoms with Gasteiger partial charge in [0.15, 0.2) is 5.11 Å². The van der Waals surface area contributed by atoms with Crippen molar-refractivity contribution >= 4 is 34.9 Å². The van der Waals surface area contributed by atoms with Crippen molar-refractivity contribution in [2.75, 3.05) is 48.4 Å². The molecule has 4 rings (SSSR count). The van der Waals surface area contributed by atoms with Gasteiger partial charge in [0.25, 0.3) is 0 Å². The Hall–Kier alpha value is -2.61. The van der Waals surface area contributed by atoms with E-state index in [0.29, 0.717) is 17.6 Å². The first kappa shape index (κ1) is 20.7. The van der Waals surface area contributed by atoms with Gasteiger partial charge in [-0.1, -0.05) is 12.1 Å². The zero-order valence-electron chi connectivity index (χ0n) is 17.6. The molecule has 160 valence electrons. The molecule has 2 saturated heterocycles. The molecule has 2 aliphatic heterocycles. The van der Waals surface area contributed by atoms with E-state index in [1.54, 1.807) is 7.11 Å². The predicted molar refractivity (Wildman–Crippen MR) is 126 cm³/mol. The van der Waals surface area contributed by atoms with E-state index in [1.165, 1.54) is 32.1 Å². The molecule has 0 atom stereocenters. The number of piperidine rings is 1. The van der Waals surface area contributed by atoms with E-state index in [0.717, 1.165) is 49.1 Å². The van der Waals surface area contributed by atoms with Crippen LogP contribution in [-0.4, -0.2) is 48.4 Å². The summed E-state index contributed by atoms with van der Waals surface area (Å²) >= 11 is 5.51. The summed E-state index contributed by atoms with van der Waals surface area (Å²) in [4.78, 5) is 14.2. The van der Waals surface area contributed by atoms with Crippen molar-refractivity contribution in [3.63, 3.8) is 0 Å². The summed E-state index contributed by atoms with van der Waals surface area (Å²) in [5, 5.41) is 6.97. The monoisotopic (exact) mass is 426 g/mol.